The lowest BCUT2D eigenvalue weighted by Crippen LogP contribution is -2.26. The average molecular weight is 246 g/mol. The van der Waals surface area contributed by atoms with E-state index in [-0.39, 0.29) is 0 Å². The molecule has 3 nitrogen and oxygen atoms in total. The van der Waals surface area contributed by atoms with E-state index < -0.39 is 0 Å². The SMILES string of the molecule is CCCN(Cc1nnc(Cl)s1)CC1CC1. The molecule has 0 aliphatic heterocycles. The third-order valence-corrected chi connectivity index (χ3v) is 3.56. The number of hydrogen-bond donors (Lipinski definition) is 0. The molecule has 1 aliphatic rings. The summed E-state index contributed by atoms with van der Waals surface area (Å²) in [5.41, 5.74) is 0. The van der Waals surface area contributed by atoms with Crippen LogP contribution >= 0.6 is 22.9 Å². The molecule has 2 rings (SSSR count). The second kappa shape index (κ2) is 5.23. The highest BCUT2D eigenvalue weighted by molar-refractivity contribution is 7.15. The fourth-order valence-electron chi connectivity index (χ4n) is 1.70. The average Bonchev–Trinajstić information content (AvgIpc) is 2.90. The van der Waals surface area contributed by atoms with Crippen LogP contribution in [0.1, 0.15) is 31.2 Å². The van der Waals surface area contributed by atoms with Crippen molar-refractivity contribution in [2.75, 3.05) is 13.1 Å². The van der Waals surface area contributed by atoms with Crippen molar-refractivity contribution < 1.29 is 0 Å². The van der Waals surface area contributed by atoms with Gasteiger partial charge in [-0.05, 0) is 43.3 Å². The molecule has 1 saturated carbocycles. The normalized spacial score (nSPS) is 16.2. The summed E-state index contributed by atoms with van der Waals surface area (Å²) in [7, 11) is 0. The van der Waals surface area contributed by atoms with Gasteiger partial charge in [0.2, 0.25) is 4.47 Å². The molecule has 0 radical (unpaired) electrons. The van der Waals surface area contributed by atoms with Crippen LogP contribution < -0.4 is 0 Å². The Labute approximate surface area is 99.5 Å². The first-order valence-electron chi connectivity index (χ1n) is 5.48. The number of halogens is 1. The van der Waals surface area contributed by atoms with Gasteiger partial charge in [-0.15, -0.1) is 10.2 Å². The predicted molar refractivity (Wildman–Crippen MR) is 63.2 cm³/mol. The monoisotopic (exact) mass is 245 g/mol. The van der Waals surface area contributed by atoms with E-state index in [2.05, 4.69) is 22.0 Å². The second-order valence-electron chi connectivity index (χ2n) is 4.13. The van der Waals surface area contributed by atoms with Crippen molar-refractivity contribution in [1.29, 1.82) is 0 Å². The van der Waals surface area contributed by atoms with E-state index in [0.717, 1.165) is 24.0 Å². The summed E-state index contributed by atoms with van der Waals surface area (Å²) in [6.45, 7) is 5.49. The summed E-state index contributed by atoms with van der Waals surface area (Å²) < 4.78 is 0.549. The highest BCUT2D eigenvalue weighted by atomic mass is 35.5. The van der Waals surface area contributed by atoms with E-state index in [4.69, 9.17) is 11.6 Å². The number of hydrogen-bond acceptors (Lipinski definition) is 4. The fraction of sp³-hybridized carbons (Fsp3) is 0.800. The minimum absolute atomic E-state index is 0.549. The standard InChI is InChI=1S/C10H16ClN3S/c1-2-5-14(6-8-3-4-8)7-9-12-13-10(11)15-9/h8H,2-7H2,1H3. The second-order valence-corrected chi connectivity index (χ2v) is 5.77. The Morgan fingerprint density at radius 3 is 2.80 bits per heavy atom. The van der Waals surface area contributed by atoms with Crippen LogP contribution in [0.4, 0.5) is 0 Å². The maximum atomic E-state index is 5.77. The van der Waals surface area contributed by atoms with Gasteiger partial charge in [-0.1, -0.05) is 18.3 Å². The number of rotatable bonds is 6. The van der Waals surface area contributed by atoms with Crippen LogP contribution in [-0.4, -0.2) is 28.2 Å². The van der Waals surface area contributed by atoms with Crippen LogP contribution in [0.5, 0.6) is 0 Å². The molecule has 1 aromatic rings. The molecule has 0 amide bonds. The Morgan fingerprint density at radius 1 is 1.47 bits per heavy atom. The molecule has 0 aromatic carbocycles. The Kier molecular flexibility index (Phi) is 3.94. The van der Waals surface area contributed by atoms with Crippen LogP contribution in [0, 0.1) is 5.92 Å². The van der Waals surface area contributed by atoms with Gasteiger partial charge in [-0.3, -0.25) is 4.90 Å². The van der Waals surface area contributed by atoms with Crippen molar-refractivity contribution in [2.24, 2.45) is 5.92 Å². The molecule has 0 spiro atoms. The minimum Gasteiger partial charge on any atom is -0.296 e. The Balaban J connectivity index is 1.86. The number of nitrogens with zero attached hydrogens (tertiary/aromatic N) is 3. The highest BCUT2D eigenvalue weighted by Crippen LogP contribution is 2.30. The van der Waals surface area contributed by atoms with Gasteiger partial charge in [0.1, 0.15) is 5.01 Å². The molecule has 0 bridgehead atoms. The quantitative estimate of drug-likeness (QED) is 0.772. The fourth-order valence-corrected chi connectivity index (χ4v) is 2.61. The Morgan fingerprint density at radius 2 is 2.27 bits per heavy atom. The summed E-state index contributed by atoms with van der Waals surface area (Å²) >= 11 is 7.26. The molecule has 1 heterocycles. The summed E-state index contributed by atoms with van der Waals surface area (Å²) in [6.07, 6.45) is 3.99. The molecule has 0 saturated heterocycles. The predicted octanol–water partition coefficient (Wildman–Crippen LogP) is 2.81. The van der Waals surface area contributed by atoms with E-state index in [1.165, 1.54) is 37.1 Å². The third kappa shape index (κ3) is 3.70. The zero-order chi connectivity index (χ0) is 10.7. The highest BCUT2D eigenvalue weighted by Gasteiger charge is 2.24. The zero-order valence-corrected chi connectivity index (χ0v) is 10.5. The number of aromatic nitrogens is 2. The third-order valence-electron chi connectivity index (χ3n) is 2.55. The Bertz CT molecular complexity index is 311. The summed E-state index contributed by atoms with van der Waals surface area (Å²) in [5.74, 6) is 0.931. The summed E-state index contributed by atoms with van der Waals surface area (Å²) in [6, 6.07) is 0. The lowest BCUT2D eigenvalue weighted by Gasteiger charge is -2.19. The smallest absolute Gasteiger partial charge is 0.207 e. The topological polar surface area (TPSA) is 29.0 Å². The van der Waals surface area contributed by atoms with Crippen molar-refractivity contribution >= 4 is 22.9 Å². The maximum Gasteiger partial charge on any atom is 0.207 e. The van der Waals surface area contributed by atoms with Crippen molar-refractivity contribution in [2.45, 2.75) is 32.7 Å². The van der Waals surface area contributed by atoms with Gasteiger partial charge in [-0.2, -0.15) is 0 Å². The zero-order valence-electron chi connectivity index (χ0n) is 8.95. The largest absolute Gasteiger partial charge is 0.296 e. The summed E-state index contributed by atoms with van der Waals surface area (Å²) in [5, 5.41) is 8.93. The van der Waals surface area contributed by atoms with E-state index in [1.807, 2.05) is 0 Å². The van der Waals surface area contributed by atoms with Crippen LogP contribution in [0.2, 0.25) is 4.47 Å². The van der Waals surface area contributed by atoms with Crippen LogP contribution in [-0.2, 0) is 6.54 Å². The van der Waals surface area contributed by atoms with Gasteiger partial charge in [0.15, 0.2) is 0 Å². The maximum absolute atomic E-state index is 5.77. The first kappa shape index (κ1) is 11.3. The molecular weight excluding hydrogens is 230 g/mol. The molecule has 1 fully saturated rings. The van der Waals surface area contributed by atoms with Crippen LogP contribution in [0.25, 0.3) is 0 Å². The van der Waals surface area contributed by atoms with Gasteiger partial charge in [-0.25, -0.2) is 0 Å². The van der Waals surface area contributed by atoms with Crippen molar-refractivity contribution in [3.05, 3.63) is 9.47 Å². The minimum atomic E-state index is 0.549. The lowest BCUT2D eigenvalue weighted by molar-refractivity contribution is 0.254. The lowest BCUT2D eigenvalue weighted by atomic mass is 10.3. The van der Waals surface area contributed by atoms with Crippen LogP contribution in [0.3, 0.4) is 0 Å². The Hall–Kier alpha value is -0.190. The van der Waals surface area contributed by atoms with Gasteiger partial charge in [0, 0.05) is 6.54 Å². The van der Waals surface area contributed by atoms with Gasteiger partial charge in [0.05, 0.1) is 6.54 Å². The molecule has 1 aliphatic carbocycles. The molecule has 15 heavy (non-hydrogen) atoms. The molecule has 1 aromatic heterocycles. The first-order valence-corrected chi connectivity index (χ1v) is 6.67. The molecular formula is C10H16ClN3S. The van der Waals surface area contributed by atoms with Gasteiger partial charge in [0.25, 0.3) is 0 Å². The van der Waals surface area contributed by atoms with Crippen molar-refractivity contribution in [3.63, 3.8) is 0 Å². The first-order chi connectivity index (χ1) is 7.28. The van der Waals surface area contributed by atoms with Crippen molar-refractivity contribution in [3.8, 4) is 0 Å². The van der Waals surface area contributed by atoms with E-state index in [0.29, 0.717) is 4.47 Å². The van der Waals surface area contributed by atoms with E-state index in [9.17, 15) is 0 Å². The van der Waals surface area contributed by atoms with Crippen molar-refractivity contribution in [1.82, 2.24) is 15.1 Å². The molecule has 0 unspecified atom stereocenters. The van der Waals surface area contributed by atoms with Crippen LogP contribution in [0.15, 0.2) is 0 Å². The summed E-state index contributed by atoms with van der Waals surface area (Å²) in [4.78, 5) is 2.47. The van der Waals surface area contributed by atoms with Gasteiger partial charge < -0.3 is 0 Å². The van der Waals surface area contributed by atoms with E-state index >= 15 is 0 Å². The molecule has 5 heteroatoms. The molecule has 0 N–H and O–H groups in total. The molecule has 84 valence electrons. The van der Waals surface area contributed by atoms with E-state index in [1.54, 1.807) is 0 Å². The molecule has 0 atom stereocenters. The van der Waals surface area contributed by atoms with Gasteiger partial charge >= 0.3 is 0 Å².